The van der Waals surface area contributed by atoms with Crippen LogP contribution in [-0.4, -0.2) is 18.1 Å². The van der Waals surface area contributed by atoms with Crippen LogP contribution >= 0.6 is 27.5 Å². The van der Waals surface area contributed by atoms with Crippen molar-refractivity contribution >= 4 is 38.4 Å². The Morgan fingerprint density at radius 3 is 2.76 bits per heavy atom. The molecule has 3 aromatic rings. The molecule has 0 unspecified atom stereocenters. The Bertz CT molecular complexity index is 876. The summed E-state index contributed by atoms with van der Waals surface area (Å²) in [5.74, 6) is 0.888. The van der Waals surface area contributed by atoms with Crippen LogP contribution in [0.5, 0.6) is 5.75 Å². The third-order valence-corrected chi connectivity index (χ3v) is 5.11. The number of halogens is 2. The van der Waals surface area contributed by atoms with Gasteiger partial charge >= 0.3 is 0 Å². The highest BCUT2D eigenvalue weighted by Gasteiger charge is 2.18. The molecule has 0 fully saturated rings. The quantitative estimate of drug-likeness (QED) is 0.464. The van der Waals surface area contributed by atoms with Gasteiger partial charge in [-0.2, -0.15) is 0 Å². The first-order valence-corrected chi connectivity index (χ1v) is 9.74. The minimum Gasteiger partial charge on any atom is -0.493 e. The average Bonchev–Trinajstić information content (AvgIpc) is 2.95. The van der Waals surface area contributed by atoms with Gasteiger partial charge in [0, 0.05) is 20.4 Å². The van der Waals surface area contributed by atoms with E-state index in [9.17, 15) is 0 Å². The van der Waals surface area contributed by atoms with Crippen molar-refractivity contribution in [2.75, 3.05) is 13.2 Å². The highest BCUT2D eigenvalue weighted by molar-refractivity contribution is 9.10. The lowest BCUT2D eigenvalue weighted by molar-refractivity contribution is 0.341. The van der Waals surface area contributed by atoms with Crippen molar-refractivity contribution in [2.45, 2.75) is 26.2 Å². The number of rotatable bonds is 7. The van der Waals surface area contributed by atoms with Crippen molar-refractivity contribution < 1.29 is 4.74 Å². The fourth-order valence-electron chi connectivity index (χ4n) is 3.16. The van der Waals surface area contributed by atoms with Crippen LogP contribution in [0.15, 0.2) is 40.9 Å². The number of H-pyrrole nitrogens is 1. The molecule has 0 saturated heterocycles. The molecule has 0 saturated carbocycles. The molecular formula is C20H22BrClN2O. The monoisotopic (exact) mass is 420 g/mol. The number of nitrogens with one attached hydrogen (secondary N) is 1. The standard InChI is InChI=1S/C20H22BrClN2O/c1-2-25-18-9-4-3-8-15(18)19-14(7-5-6-10-23)16-11-13(22)12-17(21)20(16)24-19/h3-4,8-9,11-12,24H,2,5-7,10,23H2,1H3. The van der Waals surface area contributed by atoms with E-state index >= 15 is 0 Å². The van der Waals surface area contributed by atoms with Crippen LogP contribution in [0.1, 0.15) is 25.3 Å². The van der Waals surface area contributed by atoms with Crippen molar-refractivity contribution in [3.05, 3.63) is 51.5 Å². The van der Waals surface area contributed by atoms with Gasteiger partial charge in [0.15, 0.2) is 0 Å². The lowest BCUT2D eigenvalue weighted by Gasteiger charge is -2.11. The predicted octanol–water partition coefficient (Wildman–Crippen LogP) is 5.93. The molecule has 25 heavy (non-hydrogen) atoms. The number of benzene rings is 2. The molecule has 1 heterocycles. The van der Waals surface area contributed by atoms with Crippen LogP contribution in [-0.2, 0) is 6.42 Å². The second-order valence-corrected chi connectivity index (χ2v) is 7.25. The Morgan fingerprint density at radius 2 is 2.00 bits per heavy atom. The zero-order valence-corrected chi connectivity index (χ0v) is 16.6. The van der Waals surface area contributed by atoms with E-state index in [-0.39, 0.29) is 0 Å². The number of aryl methyl sites for hydroxylation is 1. The van der Waals surface area contributed by atoms with Gasteiger partial charge in [-0.3, -0.25) is 0 Å². The minimum atomic E-state index is 0.634. The normalized spacial score (nSPS) is 11.2. The van der Waals surface area contributed by atoms with E-state index in [1.165, 1.54) is 5.56 Å². The zero-order valence-electron chi connectivity index (χ0n) is 14.2. The number of para-hydroxylation sites is 1. The van der Waals surface area contributed by atoms with Crippen molar-refractivity contribution in [2.24, 2.45) is 5.73 Å². The number of nitrogens with two attached hydrogens (primary N) is 1. The van der Waals surface area contributed by atoms with Crippen molar-refractivity contribution in [1.29, 1.82) is 0 Å². The SMILES string of the molecule is CCOc1ccccc1-c1[nH]c2c(Br)cc(Cl)cc2c1CCCCN. The Kier molecular flexibility index (Phi) is 6.05. The fraction of sp³-hybridized carbons (Fsp3) is 0.300. The van der Waals surface area contributed by atoms with Gasteiger partial charge in [0.25, 0.3) is 0 Å². The summed E-state index contributed by atoms with van der Waals surface area (Å²) in [6.45, 7) is 3.34. The number of aromatic nitrogens is 1. The second kappa shape index (κ2) is 8.26. The van der Waals surface area contributed by atoms with E-state index in [2.05, 4.69) is 27.0 Å². The maximum absolute atomic E-state index is 6.30. The molecule has 132 valence electrons. The van der Waals surface area contributed by atoms with E-state index in [4.69, 9.17) is 22.1 Å². The van der Waals surface area contributed by atoms with E-state index in [0.717, 1.165) is 56.7 Å². The summed E-state index contributed by atoms with van der Waals surface area (Å²) < 4.78 is 6.81. The Balaban J connectivity index is 2.20. The van der Waals surface area contributed by atoms with Gasteiger partial charge in [-0.15, -0.1) is 0 Å². The molecule has 3 rings (SSSR count). The molecule has 3 N–H and O–H groups in total. The van der Waals surface area contributed by atoms with Gasteiger partial charge in [0.05, 0.1) is 17.8 Å². The first-order valence-electron chi connectivity index (χ1n) is 8.57. The molecule has 0 spiro atoms. The van der Waals surface area contributed by atoms with Gasteiger partial charge in [0.1, 0.15) is 5.75 Å². The highest BCUT2D eigenvalue weighted by atomic mass is 79.9. The molecule has 0 amide bonds. The number of fused-ring (bicyclic) bond motifs is 1. The van der Waals surface area contributed by atoms with Crippen molar-refractivity contribution in [3.63, 3.8) is 0 Å². The number of aromatic amines is 1. The third kappa shape index (κ3) is 3.86. The van der Waals surface area contributed by atoms with Crippen LogP contribution in [0.2, 0.25) is 5.02 Å². The average molecular weight is 422 g/mol. The summed E-state index contributed by atoms with van der Waals surface area (Å²) in [4.78, 5) is 3.58. The first kappa shape index (κ1) is 18.3. The van der Waals surface area contributed by atoms with E-state index in [0.29, 0.717) is 13.2 Å². The molecule has 5 heteroatoms. The largest absolute Gasteiger partial charge is 0.493 e. The van der Waals surface area contributed by atoms with Gasteiger partial charge in [-0.1, -0.05) is 23.7 Å². The molecule has 0 aliphatic rings. The molecule has 0 bridgehead atoms. The summed E-state index contributed by atoms with van der Waals surface area (Å²) >= 11 is 9.94. The molecule has 0 aliphatic carbocycles. The van der Waals surface area contributed by atoms with E-state index < -0.39 is 0 Å². The molecule has 2 aromatic carbocycles. The zero-order chi connectivity index (χ0) is 17.8. The smallest absolute Gasteiger partial charge is 0.128 e. The number of hydrogen-bond acceptors (Lipinski definition) is 2. The summed E-state index contributed by atoms with van der Waals surface area (Å²) in [5, 5.41) is 1.88. The van der Waals surface area contributed by atoms with E-state index in [1.54, 1.807) is 0 Å². The maximum atomic E-state index is 6.30. The van der Waals surface area contributed by atoms with Gasteiger partial charge in [-0.05, 0) is 78.5 Å². The molecule has 3 nitrogen and oxygen atoms in total. The molecule has 0 aliphatic heterocycles. The number of hydrogen-bond donors (Lipinski definition) is 2. The summed E-state index contributed by atoms with van der Waals surface area (Å²) in [7, 11) is 0. The lowest BCUT2D eigenvalue weighted by atomic mass is 10.00. The molecular weight excluding hydrogens is 400 g/mol. The van der Waals surface area contributed by atoms with Crippen LogP contribution < -0.4 is 10.5 Å². The third-order valence-electron chi connectivity index (χ3n) is 4.27. The lowest BCUT2D eigenvalue weighted by Crippen LogP contribution is -2.00. The Labute approximate surface area is 161 Å². The topological polar surface area (TPSA) is 51.0 Å². The Hall–Kier alpha value is -1.49. The fourth-order valence-corrected chi connectivity index (χ4v) is 4.07. The summed E-state index contributed by atoms with van der Waals surface area (Å²) in [6.07, 6.45) is 2.98. The maximum Gasteiger partial charge on any atom is 0.128 e. The summed E-state index contributed by atoms with van der Waals surface area (Å²) in [6, 6.07) is 12.1. The molecule has 0 radical (unpaired) electrons. The van der Waals surface area contributed by atoms with Gasteiger partial charge < -0.3 is 15.5 Å². The van der Waals surface area contributed by atoms with Gasteiger partial charge in [0.2, 0.25) is 0 Å². The van der Waals surface area contributed by atoms with Crippen molar-refractivity contribution in [1.82, 2.24) is 4.98 Å². The van der Waals surface area contributed by atoms with Crippen LogP contribution in [0.4, 0.5) is 0 Å². The Morgan fingerprint density at radius 1 is 1.20 bits per heavy atom. The molecule has 0 atom stereocenters. The predicted molar refractivity (Wildman–Crippen MR) is 110 cm³/mol. The summed E-state index contributed by atoms with van der Waals surface area (Å²) in [5.41, 5.74) is 10.2. The van der Waals surface area contributed by atoms with Crippen LogP contribution in [0.25, 0.3) is 22.2 Å². The first-order chi connectivity index (χ1) is 12.2. The minimum absolute atomic E-state index is 0.634. The van der Waals surface area contributed by atoms with Crippen LogP contribution in [0, 0.1) is 0 Å². The second-order valence-electron chi connectivity index (χ2n) is 5.96. The highest BCUT2D eigenvalue weighted by Crippen LogP contribution is 2.39. The molecule has 1 aromatic heterocycles. The van der Waals surface area contributed by atoms with Crippen molar-refractivity contribution in [3.8, 4) is 17.0 Å². The number of ether oxygens (including phenoxy) is 1. The van der Waals surface area contributed by atoms with E-state index in [1.807, 2.05) is 37.3 Å². The van der Waals surface area contributed by atoms with Crippen LogP contribution in [0.3, 0.4) is 0 Å². The number of unbranched alkanes of at least 4 members (excludes halogenated alkanes) is 1. The van der Waals surface area contributed by atoms with Gasteiger partial charge in [-0.25, -0.2) is 0 Å².